The van der Waals surface area contributed by atoms with Gasteiger partial charge in [-0.25, -0.2) is 13.1 Å². The molecule has 1 saturated heterocycles. The Morgan fingerprint density at radius 2 is 1.68 bits per heavy atom. The van der Waals surface area contributed by atoms with Crippen LogP contribution in [-0.2, 0) is 10.0 Å². The predicted octanol–water partition coefficient (Wildman–Crippen LogP) is 3.75. The first-order valence-electron chi connectivity index (χ1n) is 8.43. The Morgan fingerprint density at radius 1 is 1.04 bits per heavy atom. The Labute approximate surface area is 158 Å². The first-order valence-corrected chi connectivity index (χ1v) is 10.8. The minimum absolute atomic E-state index is 0.113. The lowest BCUT2D eigenvalue weighted by Gasteiger charge is -2.21. The summed E-state index contributed by atoms with van der Waals surface area (Å²) in [7, 11) is -3.32. The summed E-state index contributed by atoms with van der Waals surface area (Å²) in [4.78, 5) is 2.25. The second kappa shape index (κ2) is 7.48. The number of para-hydroxylation sites is 1. The third-order valence-electron chi connectivity index (χ3n) is 4.68. The number of nitrogens with one attached hydrogen (secondary N) is 1. The van der Waals surface area contributed by atoms with Crippen molar-refractivity contribution in [3.05, 3.63) is 64.6 Å². The van der Waals surface area contributed by atoms with Crippen molar-refractivity contribution in [1.29, 1.82) is 0 Å². The van der Waals surface area contributed by atoms with Crippen LogP contribution in [0.4, 0.5) is 5.69 Å². The Kier molecular flexibility index (Phi) is 5.51. The van der Waals surface area contributed by atoms with Crippen molar-refractivity contribution >= 4 is 31.6 Å². The van der Waals surface area contributed by atoms with E-state index in [2.05, 4.69) is 49.8 Å². The fourth-order valence-corrected chi connectivity index (χ4v) is 4.36. The average Bonchev–Trinajstić information content (AvgIpc) is 2.99. The first kappa shape index (κ1) is 18.4. The average molecular weight is 423 g/mol. The number of anilines is 1. The van der Waals surface area contributed by atoms with Gasteiger partial charge in [0.2, 0.25) is 10.0 Å². The van der Waals surface area contributed by atoms with E-state index >= 15 is 0 Å². The maximum atomic E-state index is 12.4. The Hall–Kier alpha value is -1.37. The summed E-state index contributed by atoms with van der Waals surface area (Å²) in [6.07, 6.45) is 0. The van der Waals surface area contributed by atoms with Crippen molar-refractivity contribution in [1.82, 2.24) is 4.72 Å². The Bertz CT molecular complexity index is 807. The van der Waals surface area contributed by atoms with Crippen molar-refractivity contribution in [2.45, 2.75) is 31.1 Å². The van der Waals surface area contributed by atoms with Gasteiger partial charge in [-0.2, -0.15) is 0 Å². The summed E-state index contributed by atoms with van der Waals surface area (Å²) in [5, 5.41) is -0.441. The zero-order valence-corrected chi connectivity index (χ0v) is 16.8. The van der Waals surface area contributed by atoms with Crippen LogP contribution in [0.15, 0.2) is 59.1 Å². The minimum atomic E-state index is -3.32. The van der Waals surface area contributed by atoms with Gasteiger partial charge >= 0.3 is 0 Å². The molecule has 2 atom stereocenters. The molecule has 4 nitrogen and oxygen atoms in total. The standard InChI is InChI=1S/C19H23BrN2O2S/c1-14(2)25(23,24)21-19-13-22(17-6-4-3-5-7-17)12-18(19)15-8-10-16(20)11-9-15/h3-11,14,18-19,21H,12-13H2,1-2H3. The monoisotopic (exact) mass is 422 g/mol. The van der Waals surface area contributed by atoms with Crippen molar-refractivity contribution < 1.29 is 8.42 Å². The van der Waals surface area contributed by atoms with E-state index in [9.17, 15) is 8.42 Å². The van der Waals surface area contributed by atoms with Crippen LogP contribution in [0, 0.1) is 0 Å². The van der Waals surface area contributed by atoms with Gasteiger partial charge in [-0.05, 0) is 43.7 Å². The summed E-state index contributed by atoms with van der Waals surface area (Å²) >= 11 is 3.46. The molecule has 1 N–H and O–H groups in total. The number of benzene rings is 2. The molecular weight excluding hydrogens is 400 g/mol. The molecule has 0 bridgehead atoms. The zero-order valence-electron chi connectivity index (χ0n) is 14.4. The van der Waals surface area contributed by atoms with Crippen molar-refractivity contribution in [2.24, 2.45) is 0 Å². The van der Waals surface area contributed by atoms with E-state index in [0.717, 1.165) is 22.3 Å². The fraction of sp³-hybridized carbons (Fsp3) is 0.368. The lowest BCUT2D eigenvalue weighted by molar-refractivity contribution is 0.535. The molecular formula is C19H23BrN2O2S. The van der Waals surface area contributed by atoms with Gasteiger partial charge in [-0.1, -0.05) is 46.3 Å². The summed E-state index contributed by atoms with van der Waals surface area (Å²) in [6, 6.07) is 18.2. The molecule has 0 aromatic heterocycles. The maximum absolute atomic E-state index is 12.4. The normalized spacial score (nSPS) is 21.0. The topological polar surface area (TPSA) is 49.4 Å². The molecule has 6 heteroatoms. The number of rotatable bonds is 5. The minimum Gasteiger partial charge on any atom is -0.369 e. The highest BCUT2D eigenvalue weighted by Gasteiger charge is 2.37. The van der Waals surface area contributed by atoms with Crippen LogP contribution in [0.3, 0.4) is 0 Å². The molecule has 1 fully saturated rings. The van der Waals surface area contributed by atoms with Gasteiger partial charge in [-0.3, -0.25) is 0 Å². The van der Waals surface area contributed by atoms with Gasteiger partial charge in [0.25, 0.3) is 0 Å². The molecule has 0 aliphatic carbocycles. The van der Waals surface area contributed by atoms with Gasteiger partial charge in [0.15, 0.2) is 0 Å². The van der Waals surface area contributed by atoms with Crippen LogP contribution >= 0.6 is 15.9 Å². The van der Waals surface area contributed by atoms with Crippen LogP contribution in [0.1, 0.15) is 25.3 Å². The van der Waals surface area contributed by atoms with Crippen molar-refractivity contribution in [3.8, 4) is 0 Å². The number of sulfonamides is 1. The van der Waals surface area contributed by atoms with Crippen LogP contribution in [0.2, 0.25) is 0 Å². The van der Waals surface area contributed by atoms with Gasteiger partial charge in [0, 0.05) is 35.2 Å². The van der Waals surface area contributed by atoms with E-state index in [0.29, 0.717) is 6.54 Å². The molecule has 0 radical (unpaired) electrons. The van der Waals surface area contributed by atoms with Crippen LogP contribution < -0.4 is 9.62 Å². The second-order valence-electron chi connectivity index (χ2n) is 6.72. The number of hydrogen-bond donors (Lipinski definition) is 1. The maximum Gasteiger partial charge on any atom is 0.214 e. The van der Waals surface area contributed by atoms with E-state index in [-0.39, 0.29) is 12.0 Å². The van der Waals surface area contributed by atoms with E-state index < -0.39 is 15.3 Å². The second-order valence-corrected chi connectivity index (χ2v) is 9.90. The molecule has 2 unspecified atom stereocenters. The van der Waals surface area contributed by atoms with E-state index in [4.69, 9.17) is 0 Å². The summed E-state index contributed by atoms with van der Waals surface area (Å²) in [5.41, 5.74) is 2.27. The largest absolute Gasteiger partial charge is 0.369 e. The molecule has 1 heterocycles. The van der Waals surface area contributed by atoms with E-state index in [1.54, 1.807) is 13.8 Å². The van der Waals surface area contributed by atoms with Gasteiger partial charge < -0.3 is 4.90 Å². The molecule has 0 amide bonds. The molecule has 0 spiro atoms. The Morgan fingerprint density at radius 3 is 2.28 bits per heavy atom. The molecule has 2 aromatic carbocycles. The number of nitrogens with zero attached hydrogens (tertiary/aromatic N) is 1. The SMILES string of the molecule is CC(C)S(=O)(=O)NC1CN(c2ccccc2)CC1c1ccc(Br)cc1. The fourth-order valence-electron chi connectivity index (χ4n) is 3.17. The third-order valence-corrected chi connectivity index (χ3v) is 7.08. The van der Waals surface area contributed by atoms with Crippen molar-refractivity contribution in [2.75, 3.05) is 18.0 Å². The Balaban J connectivity index is 1.90. The number of halogens is 1. The van der Waals surface area contributed by atoms with Gasteiger partial charge in [0.1, 0.15) is 0 Å². The highest BCUT2D eigenvalue weighted by Crippen LogP contribution is 2.32. The highest BCUT2D eigenvalue weighted by atomic mass is 79.9. The number of hydrogen-bond acceptors (Lipinski definition) is 3. The van der Waals surface area contributed by atoms with Crippen LogP contribution in [-0.4, -0.2) is 32.8 Å². The van der Waals surface area contributed by atoms with Gasteiger partial charge in [-0.15, -0.1) is 0 Å². The molecule has 1 aliphatic heterocycles. The van der Waals surface area contributed by atoms with E-state index in [1.807, 2.05) is 30.3 Å². The molecule has 134 valence electrons. The highest BCUT2D eigenvalue weighted by molar-refractivity contribution is 9.10. The quantitative estimate of drug-likeness (QED) is 0.797. The molecule has 0 saturated carbocycles. The lowest BCUT2D eigenvalue weighted by Crippen LogP contribution is -2.43. The first-order chi connectivity index (χ1) is 11.9. The van der Waals surface area contributed by atoms with Crippen LogP contribution in [0.5, 0.6) is 0 Å². The molecule has 2 aromatic rings. The molecule has 3 rings (SSSR count). The van der Waals surface area contributed by atoms with E-state index in [1.165, 1.54) is 0 Å². The summed E-state index contributed by atoms with van der Waals surface area (Å²) in [6.45, 7) is 4.87. The van der Waals surface area contributed by atoms with Crippen LogP contribution in [0.25, 0.3) is 0 Å². The molecule has 1 aliphatic rings. The van der Waals surface area contributed by atoms with Crippen molar-refractivity contribution in [3.63, 3.8) is 0 Å². The smallest absolute Gasteiger partial charge is 0.214 e. The predicted molar refractivity (Wildman–Crippen MR) is 107 cm³/mol. The summed E-state index contributed by atoms with van der Waals surface area (Å²) < 4.78 is 28.8. The van der Waals surface area contributed by atoms with Gasteiger partial charge in [0.05, 0.1) is 5.25 Å². The third kappa shape index (κ3) is 4.25. The molecule has 25 heavy (non-hydrogen) atoms. The lowest BCUT2D eigenvalue weighted by atomic mass is 9.95. The zero-order chi connectivity index (χ0) is 18.0. The summed E-state index contributed by atoms with van der Waals surface area (Å²) in [5.74, 6) is 0.113.